The summed E-state index contributed by atoms with van der Waals surface area (Å²) in [7, 11) is 0.299. The normalized spacial score (nSPS) is 22.6. The van der Waals surface area contributed by atoms with E-state index in [9.17, 15) is 14.7 Å². The van der Waals surface area contributed by atoms with Gasteiger partial charge in [0.25, 0.3) is 11.8 Å². The van der Waals surface area contributed by atoms with Crippen molar-refractivity contribution in [2.45, 2.75) is 44.3 Å². The van der Waals surface area contributed by atoms with Crippen molar-refractivity contribution in [1.29, 1.82) is 0 Å². The molecule has 8 heteroatoms. The summed E-state index contributed by atoms with van der Waals surface area (Å²) in [6.07, 6.45) is -0.439. The van der Waals surface area contributed by atoms with E-state index < -0.39 is 20.2 Å². The number of hydrogen-bond acceptors (Lipinski definition) is 5. The van der Waals surface area contributed by atoms with E-state index >= 15 is 0 Å². The van der Waals surface area contributed by atoms with Gasteiger partial charge in [0.15, 0.2) is 0 Å². The third kappa shape index (κ3) is 4.17. The maximum atomic E-state index is 13.1. The van der Waals surface area contributed by atoms with Gasteiger partial charge in [-0.3, -0.25) is 14.5 Å². The molecule has 0 aliphatic carbocycles. The highest BCUT2D eigenvalue weighted by molar-refractivity contribution is 6.76. The maximum absolute atomic E-state index is 13.1. The Hall–Kier alpha value is -1.90. The van der Waals surface area contributed by atoms with Crippen molar-refractivity contribution < 1.29 is 24.2 Å². The Bertz CT molecular complexity index is 733. The second kappa shape index (κ2) is 7.61. The van der Waals surface area contributed by atoms with Gasteiger partial charge in [0.05, 0.1) is 24.5 Å². The van der Waals surface area contributed by atoms with Crippen LogP contribution in [0.2, 0.25) is 25.7 Å². The van der Waals surface area contributed by atoms with Crippen LogP contribution in [0.25, 0.3) is 0 Å². The van der Waals surface area contributed by atoms with Crippen molar-refractivity contribution in [1.82, 2.24) is 4.90 Å². The van der Waals surface area contributed by atoms with Crippen LogP contribution in [0.15, 0.2) is 18.2 Å². The second-order valence-corrected chi connectivity index (χ2v) is 14.0. The lowest BCUT2D eigenvalue weighted by Crippen LogP contribution is -2.45. The minimum Gasteiger partial charge on any atom is -0.497 e. The SMILES string of the molecule is COc1ccc2c(c1)C(=O)N1CC(O)CC1C(=O)N2COCC[Si](C)(C)C. The number of nitrogens with zero attached hydrogens (tertiary/aromatic N) is 2. The standard InChI is InChI=1S/C19H28N2O5Si/c1-25-14-5-6-16-15(10-14)18(23)20-11-13(22)9-17(20)19(24)21(16)12-26-7-8-27(2,3)4/h5-6,10,13,17,22H,7-9,11-12H2,1-4H3. The summed E-state index contributed by atoms with van der Waals surface area (Å²) < 4.78 is 11.1. The number of aliphatic hydroxyl groups excluding tert-OH is 1. The number of ether oxygens (including phenoxy) is 2. The molecule has 0 aromatic heterocycles. The van der Waals surface area contributed by atoms with Crippen molar-refractivity contribution in [2.24, 2.45) is 0 Å². The van der Waals surface area contributed by atoms with Crippen LogP contribution in [0.5, 0.6) is 5.75 Å². The smallest absolute Gasteiger partial charge is 0.256 e. The van der Waals surface area contributed by atoms with E-state index in [1.54, 1.807) is 18.2 Å². The highest BCUT2D eigenvalue weighted by Gasteiger charge is 2.45. The van der Waals surface area contributed by atoms with Crippen LogP contribution < -0.4 is 9.64 Å². The highest BCUT2D eigenvalue weighted by atomic mass is 28.3. The van der Waals surface area contributed by atoms with Crippen LogP contribution in [-0.4, -0.2) is 69.0 Å². The maximum Gasteiger partial charge on any atom is 0.256 e. The number of fused-ring (bicyclic) bond motifs is 2. The summed E-state index contributed by atoms with van der Waals surface area (Å²) >= 11 is 0. The quantitative estimate of drug-likeness (QED) is 0.591. The molecular formula is C19H28N2O5Si. The van der Waals surface area contributed by atoms with E-state index in [4.69, 9.17) is 9.47 Å². The lowest BCUT2D eigenvalue weighted by molar-refractivity contribution is -0.123. The predicted molar refractivity (Wildman–Crippen MR) is 105 cm³/mol. The molecule has 2 atom stereocenters. The molecule has 7 nitrogen and oxygen atoms in total. The topological polar surface area (TPSA) is 79.3 Å². The van der Waals surface area contributed by atoms with Gasteiger partial charge in [-0.25, -0.2) is 0 Å². The minimum absolute atomic E-state index is 0.0936. The van der Waals surface area contributed by atoms with Gasteiger partial charge < -0.3 is 19.5 Å². The van der Waals surface area contributed by atoms with E-state index in [-0.39, 0.29) is 31.5 Å². The first-order valence-corrected chi connectivity index (χ1v) is 13.0. The molecule has 3 rings (SSSR count). The molecular weight excluding hydrogens is 364 g/mol. The van der Waals surface area contributed by atoms with E-state index in [0.717, 1.165) is 6.04 Å². The van der Waals surface area contributed by atoms with Crippen LogP contribution in [0.1, 0.15) is 16.8 Å². The molecule has 2 aliphatic rings. The molecule has 27 heavy (non-hydrogen) atoms. The molecule has 1 saturated heterocycles. The fourth-order valence-corrected chi connectivity index (χ4v) is 4.20. The molecule has 1 fully saturated rings. The Morgan fingerprint density at radius 1 is 1.26 bits per heavy atom. The van der Waals surface area contributed by atoms with Gasteiger partial charge in [0, 0.05) is 27.6 Å². The molecule has 1 aromatic carbocycles. The molecule has 0 spiro atoms. The summed E-state index contributed by atoms with van der Waals surface area (Å²) in [5, 5.41) is 10.0. The summed E-state index contributed by atoms with van der Waals surface area (Å²) in [6.45, 7) is 7.64. The van der Waals surface area contributed by atoms with Gasteiger partial charge in [-0.2, -0.15) is 0 Å². The van der Waals surface area contributed by atoms with E-state index in [2.05, 4.69) is 19.6 Å². The van der Waals surface area contributed by atoms with E-state index in [1.807, 2.05) is 0 Å². The number of aliphatic hydroxyl groups is 1. The van der Waals surface area contributed by atoms with Crippen LogP contribution >= 0.6 is 0 Å². The van der Waals surface area contributed by atoms with Gasteiger partial charge in [-0.15, -0.1) is 0 Å². The first-order valence-electron chi connectivity index (χ1n) is 9.27. The van der Waals surface area contributed by atoms with Gasteiger partial charge in [0.1, 0.15) is 18.5 Å². The zero-order valence-electron chi connectivity index (χ0n) is 16.4. The predicted octanol–water partition coefficient (Wildman–Crippen LogP) is 1.93. The molecule has 0 radical (unpaired) electrons. The van der Waals surface area contributed by atoms with E-state index in [0.29, 0.717) is 23.6 Å². The van der Waals surface area contributed by atoms with Crippen LogP contribution in [0.3, 0.4) is 0 Å². The number of methoxy groups -OCH3 is 1. The van der Waals surface area contributed by atoms with Gasteiger partial charge >= 0.3 is 0 Å². The number of carbonyl (C=O) groups is 2. The molecule has 2 aliphatic heterocycles. The molecule has 1 N–H and O–H groups in total. The average molecular weight is 393 g/mol. The first-order chi connectivity index (χ1) is 12.7. The van der Waals surface area contributed by atoms with Crippen LogP contribution in [-0.2, 0) is 9.53 Å². The summed E-state index contributed by atoms with van der Waals surface area (Å²) in [6, 6.07) is 5.45. The Labute approximate surface area is 160 Å². The minimum atomic E-state index is -1.24. The van der Waals surface area contributed by atoms with Crippen LogP contribution in [0.4, 0.5) is 5.69 Å². The lowest BCUT2D eigenvalue weighted by Gasteiger charge is -2.26. The van der Waals surface area contributed by atoms with Gasteiger partial charge in [-0.1, -0.05) is 19.6 Å². The van der Waals surface area contributed by atoms with Crippen molar-refractivity contribution in [2.75, 3.05) is 31.9 Å². The third-order valence-electron chi connectivity index (χ3n) is 5.03. The molecule has 2 unspecified atom stereocenters. The Morgan fingerprint density at radius 2 is 2.00 bits per heavy atom. The first kappa shape index (κ1) is 19.8. The van der Waals surface area contributed by atoms with E-state index in [1.165, 1.54) is 16.9 Å². The zero-order valence-corrected chi connectivity index (χ0v) is 17.4. The summed E-state index contributed by atoms with van der Waals surface area (Å²) in [4.78, 5) is 29.2. The number of benzene rings is 1. The number of carbonyl (C=O) groups excluding carboxylic acids is 2. The Kier molecular flexibility index (Phi) is 5.59. The van der Waals surface area contributed by atoms with Crippen molar-refractivity contribution in [3.63, 3.8) is 0 Å². The molecule has 0 bridgehead atoms. The fourth-order valence-electron chi connectivity index (χ4n) is 3.44. The fraction of sp³-hybridized carbons (Fsp3) is 0.579. The second-order valence-electron chi connectivity index (χ2n) is 8.36. The van der Waals surface area contributed by atoms with Gasteiger partial charge in [0.2, 0.25) is 0 Å². The molecule has 1 aromatic rings. The lowest BCUT2D eigenvalue weighted by atomic mass is 10.1. The van der Waals surface area contributed by atoms with Crippen molar-refractivity contribution in [3.05, 3.63) is 23.8 Å². The largest absolute Gasteiger partial charge is 0.497 e. The molecule has 0 saturated carbocycles. The third-order valence-corrected chi connectivity index (χ3v) is 6.74. The van der Waals surface area contributed by atoms with Crippen molar-refractivity contribution >= 4 is 25.6 Å². The van der Waals surface area contributed by atoms with Gasteiger partial charge in [-0.05, 0) is 24.2 Å². The number of hydrogen-bond donors (Lipinski definition) is 1. The van der Waals surface area contributed by atoms with Crippen molar-refractivity contribution in [3.8, 4) is 5.75 Å². The summed E-state index contributed by atoms with van der Waals surface area (Å²) in [5.74, 6) is 0.0764. The monoisotopic (exact) mass is 392 g/mol. The number of amides is 2. The van der Waals surface area contributed by atoms with Crippen LogP contribution in [0, 0.1) is 0 Å². The average Bonchev–Trinajstić information content (AvgIpc) is 2.98. The summed E-state index contributed by atoms with van der Waals surface area (Å²) in [5.41, 5.74) is 0.927. The Balaban J connectivity index is 1.90. The highest BCUT2D eigenvalue weighted by Crippen LogP contribution is 2.34. The Morgan fingerprint density at radius 3 is 2.67 bits per heavy atom. The zero-order chi connectivity index (χ0) is 19.8. The molecule has 2 amide bonds. The number of rotatable bonds is 6. The molecule has 2 heterocycles. The molecule has 148 valence electrons. The number of anilines is 1.